The average Bonchev–Trinajstić information content (AvgIpc) is 2.49. The van der Waals surface area contributed by atoms with Crippen LogP contribution >= 0.6 is 0 Å². The van der Waals surface area contributed by atoms with E-state index in [-0.39, 0.29) is 11.6 Å². The van der Waals surface area contributed by atoms with Crippen molar-refractivity contribution in [1.29, 1.82) is 0 Å². The molecule has 0 aliphatic heterocycles. The van der Waals surface area contributed by atoms with E-state index in [9.17, 15) is 8.78 Å². The van der Waals surface area contributed by atoms with E-state index in [1.807, 2.05) is 32.1 Å². The van der Waals surface area contributed by atoms with Crippen LogP contribution < -0.4 is 5.46 Å². The van der Waals surface area contributed by atoms with Crippen molar-refractivity contribution in [2.75, 3.05) is 0 Å². The van der Waals surface area contributed by atoms with Gasteiger partial charge in [0, 0.05) is 11.1 Å². The molecule has 0 heterocycles. The highest BCUT2D eigenvalue weighted by Gasteiger charge is 2.09. The van der Waals surface area contributed by atoms with Crippen LogP contribution in [0.2, 0.25) is 0 Å². The predicted octanol–water partition coefficient (Wildman–Crippen LogP) is 3.56. The average molecular weight is 278 g/mol. The van der Waals surface area contributed by atoms with Crippen molar-refractivity contribution >= 4 is 13.3 Å². The third-order valence-corrected chi connectivity index (χ3v) is 3.52. The lowest BCUT2D eigenvalue weighted by Gasteiger charge is -2.08. The molecule has 0 saturated carbocycles. The molecule has 3 heteroatoms. The Morgan fingerprint density at radius 2 is 1.24 bits per heavy atom. The minimum Gasteiger partial charge on any atom is -0.206 e. The van der Waals surface area contributed by atoms with Crippen LogP contribution in [0.4, 0.5) is 8.78 Å². The molecular weight excluding hydrogens is 265 g/mol. The van der Waals surface area contributed by atoms with Crippen LogP contribution in [0.3, 0.4) is 0 Å². The van der Waals surface area contributed by atoms with E-state index in [0.29, 0.717) is 16.7 Å². The minimum atomic E-state index is -0.348. The van der Waals surface area contributed by atoms with Gasteiger partial charge in [-0.05, 0) is 23.3 Å². The van der Waals surface area contributed by atoms with Crippen LogP contribution in [0.25, 0.3) is 22.3 Å². The van der Waals surface area contributed by atoms with E-state index in [1.165, 1.54) is 12.1 Å². The molecule has 3 rings (SSSR count). The van der Waals surface area contributed by atoms with Gasteiger partial charge in [0.15, 0.2) is 0 Å². The molecule has 0 nitrogen and oxygen atoms in total. The van der Waals surface area contributed by atoms with E-state index >= 15 is 0 Å². The van der Waals surface area contributed by atoms with Gasteiger partial charge in [-0.1, -0.05) is 60.1 Å². The number of halogens is 2. The van der Waals surface area contributed by atoms with Gasteiger partial charge in [0.1, 0.15) is 19.5 Å². The molecule has 0 spiro atoms. The Morgan fingerprint density at radius 3 is 1.90 bits per heavy atom. The van der Waals surface area contributed by atoms with Gasteiger partial charge in [0.2, 0.25) is 0 Å². The second-order valence-electron chi connectivity index (χ2n) is 5.04. The van der Waals surface area contributed by atoms with Gasteiger partial charge in [0.25, 0.3) is 0 Å². The normalized spacial score (nSPS) is 10.6. The van der Waals surface area contributed by atoms with E-state index in [1.54, 1.807) is 30.3 Å². The van der Waals surface area contributed by atoms with Gasteiger partial charge in [-0.3, -0.25) is 0 Å². The summed E-state index contributed by atoms with van der Waals surface area (Å²) in [6.45, 7) is 0. The molecule has 0 atom stereocenters. The first-order chi connectivity index (χ1) is 10.1. The summed E-state index contributed by atoms with van der Waals surface area (Å²) in [5.41, 5.74) is 3.42. The van der Waals surface area contributed by atoms with Crippen molar-refractivity contribution in [3.63, 3.8) is 0 Å². The maximum Gasteiger partial charge on any atom is 0.139 e. The van der Waals surface area contributed by atoms with Gasteiger partial charge in [-0.25, -0.2) is 8.78 Å². The SMILES string of the molecule is Bc1ccc(-c2ccc(-c3ccccc3F)cc2F)cc1. The molecule has 0 aromatic heterocycles. The summed E-state index contributed by atoms with van der Waals surface area (Å²) in [4.78, 5) is 0. The molecule has 0 bridgehead atoms. The fourth-order valence-electron chi connectivity index (χ4n) is 2.35. The summed E-state index contributed by atoms with van der Waals surface area (Å²) in [5.74, 6) is -0.695. The van der Waals surface area contributed by atoms with Gasteiger partial charge in [-0.15, -0.1) is 0 Å². The lowest BCUT2D eigenvalue weighted by molar-refractivity contribution is 0.626. The maximum atomic E-state index is 14.3. The molecule has 3 aromatic carbocycles. The number of hydrogen-bond donors (Lipinski definition) is 0. The molecule has 0 radical (unpaired) electrons. The van der Waals surface area contributed by atoms with E-state index in [2.05, 4.69) is 0 Å². The molecule has 0 fully saturated rings. The van der Waals surface area contributed by atoms with E-state index in [0.717, 1.165) is 11.0 Å². The summed E-state index contributed by atoms with van der Waals surface area (Å²) in [7, 11) is 1.99. The highest BCUT2D eigenvalue weighted by Crippen LogP contribution is 2.28. The van der Waals surface area contributed by atoms with Crippen molar-refractivity contribution in [2.45, 2.75) is 0 Å². The van der Waals surface area contributed by atoms with Crippen LogP contribution in [-0.2, 0) is 0 Å². The maximum absolute atomic E-state index is 14.3. The van der Waals surface area contributed by atoms with Crippen molar-refractivity contribution in [1.82, 2.24) is 0 Å². The first kappa shape index (κ1) is 13.6. The lowest BCUT2D eigenvalue weighted by atomic mass is 9.93. The predicted molar refractivity (Wildman–Crippen MR) is 85.4 cm³/mol. The monoisotopic (exact) mass is 278 g/mol. The summed E-state index contributed by atoms with van der Waals surface area (Å²) in [6, 6.07) is 18.9. The molecule has 3 aromatic rings. The largest absolute Gasteiger partial charge is 0.206 e. The Morgan fingerprint density at radius 1 is 0.619 bits per heavy atom. The highest BCUT2D eigenvalue weighted by atomic mass is 19.1. The van der Waals surface area contributed by atoms with Crippen molar-refractivity contribution in [3.05, 3.63) is 78.4 Å². The Bertz CT molecular complexity index is 779. The van der Waals surface area contributed by atoms with Crippen LogP contribution in [-0.4, -0.2) is 7.85 Å². The minimum absolute atomic E-state index is 0.347. The fraction of sp³-hybridized carbons (Fsp3) is 0. The third kappa shape index (κ3) is 2.73. The first-order valence-corrected chi connectivity index (χ1v) is 6.76. The van der Waals surface area contributed by atoms with Gasteiger partial charge in [-0.2, -0.15) is 0 Å². The standard InChI is InChI=1S/C18H13BF2/c19-14-8-5-12(6-9-14)16-10-7-13(11-18(16)21)15-3-1-2-4-17(15)20/h1-11H,19H2. The van der Waals surface area contributed by atoms with Gasteiger partial charge < -0.3 is 0 Å². The number of hydrogen-bond acceptors (Lipinski definition) is 0. The van der Waals surface area contributed by atoms with Crippen LogP contribution in [0.5, 0.6) is 0 Å². The number of rotatable bonds is 2. The topological polar surface area (TPSA) is 0 Å². The Kier molecular flexibility index (Phi) is 3.57. The van der Waals surface area contributed by atoms with Crippen LogP contribution in [0.15, 0.2) is 66.7 Å². The zero-order chi connectivity index (χ0) is 14.8. The second kappa shape index (κ2) is 5.53. The molecule has 0 aliphatic carbocycles. The Balaban J connectivity index is 2.04. The van der Waals surface area contributed by atoms with E-state index < -0.39 is 0 Å². The highest BCUT2D eigenvalue weighted by molar-refractivity contribution is 6.32. The molecule has 102 valence electrons. The lowest BCUT2D eigenvalue weighted by Crippen LogP contribution is -1.99. The smallest absolute Gasteiger partial charge is 0.139 e. The summed E-state index contributed by atoms with van der Waals surface area (Å²) < 4.78 is 28.1. The summed E-state index contributed by atoms with van der Waals surface area (Å²) in [5, 5.41) is 0. The molecule has 0 amide bonds. The molecule has 0 aliphatic rings. The molecule has 0 unspecified atom stereocenters. The summed E-state index contributed by atoms with van der Waals surface area (Å²) >= 11 is 0. The quantitative estimate of drug-likeness (QED) is 0.629. The van der Waals surface area contributed by atoms with Crippen molar-refractivity contribution in [3.8, 4) is 22.3 Å². The fourth-order valence-corrected chi connectivity index (χ4v) is 2.35. The second-order valence-corrected chi connectivity index (χ2v) is 5.04. The van der Waals surface area contributed by atoms with E-state index in [4.69, 9.17) is 0 Å². The van der Waals surface area contributed by atoms with Crippen molar-refractivity contribution in [2.24, 2.45) is 0 Å². The van der Waals surface area contributed by atoms with Crippen molar-refractivity contribution < 1.29 is 8.78 Å². The number of benzene rings is 3. The first-order valence-electron chi connectivity index (χ1n) is 6.76. The van der Waals surface area contributed by atoms with Gasteiger partial charge in [0.05, 0.1) is 0 Å². The molecule has 21 heavy (non-hydrogen) atoms. The molecule has 0 N–H and O–H groups in total. The Hall–Kier alpha value is -2.42. The zero-order valence-electron chi connectivity index (χ0n) is 11.6. The van der Waals surface area contributed by atoms with Crippen LogP contribution in [0, 0.1) is 11.6 Å². The van der Waals surface area contributed by atoms with Crippen LogP contribution in [0.1, 0.15) is 0 Å². The molecular formula is C18H13BF2. The zero-order valence-corrected chi connectivity index (χ0v) is 11.6. The Labute approximate surface area is 123 Å². The molecule has 0 saturated heterocycles. The summed E-state index contributed by atoms with van der Waals surface area (Å²) in [6.07, 6.45) is 0. The third-order valence-electron chi connectivity index (χ3n) is 3.52. The van der Waals surface area contributed by atoms with Gasteiger partial charge >= 0.3 is 0 Å².